The predicted octanol–water partition coefficient (Wildman–Crippen LogP) is -0.655. The van der Waals surface area contributed by atoms with E-state index in [1.807, 2.05) is 9.97 Å². The van der Waals surface area contributed by atoms with Crippen LogP contribution < -0.4 is 0 Å². The number of hydrogen-bond donors (Lipinski definition) is 2. The number of nitro groups is 2. The molecule has 120 valence electrons. The Morgan fingerprint density at radius 3 is 1.52 bits per heavy atom. The van der Waals surface area contributed by atoms with E-state index < -0.39 is 53.2 Å². The van der Waals surface area contributed by atoms with Gasteiger partial charge in [0.15, 0.2) is 0 Å². The van der Waals surface area contributed by atoms with Crippen LogP contribution in [-0.4, -0.2) is 48.4 Å². The SMILES string of the molecule is O=C(c1ncc([N+](=O)[O-])[nH]1)S(=O)(=O)C(=O)c1ncc([N+](=O)[O-])[nH]1. The van der Waals surface area contributed by atoms with Gasteiger partial charge < -0.3 is 20.2 Å². The highest BCUT2D eigenvalue weighted by Gasteiger charge is 2.40. The fourth-order valence-electron chi connectivity index (χ4n) is 1.35. The first kappa shape index (κ1) is 15.9. The van der Waals surface area contributed by atoms with Gasteiger partial charge in [0.1, 0.15) is 12.4 Å². The molecule has 2 heterocycles. The summed E-state index contributed by atoms with van der Waals surface area (Å²) in [5, 5.41) is 17.2. The summed E-state index contributed by atoms with van der Waals surface area (Å²) in [7, 11) is -5.18. The van der Waals surface area contributed by atoms with E-state index in [1.165, 1.54) is 0 Å². The molecule has 23 heavy (non-hydrogen) atoms. The van der Waals surface area contributed by atoms with Crippen LogP contribution in [-0.2, 0) is 9.84 Å². The zero-order valence-electron chi connectivity index (χ0n) is 10.6. The zero-order valence-corrected chi connectivity index (χ0v) is 11.4. The van der Waals surface area contributed by atoms with Crippen LogP contribution in [0.3, 0.4) is 0 Å². The normalized spacial score (nSPS) is 11.1. The average Bonchev–Trinajstić information content (AvgIpc) is 3.14. The maximum absolute atomic E-state index is 11.8. The van der Waals surface area contributed by atoms with Gasteiger partial charge in [-0.25, -0.2) is 28.4 Å². The summed E-state index contributed by atoms with van der Waals surface area (Å²) in [4.78, 5) is 52.5. The van der Waals surface area contributed by atoms with Gasteiger partial charge in [-0.3, -0.25) is 9.59 Å². The molecule has 2 aromatic heterocycles. The molecule has 2 aromatic rings. The molecule has 0 spiro atoms. The molecular formula is C8H4N6O8S. The van der Waals surface area contributed by atoms with Crippen LogP contribution in [0.1, 0.15) is 21.2 Å². The van der Waals surface area contributed by atoms with Gasteiger partial charge in [-0.05, 0) is 9.85 Å². The van der Waals surface area contributed by atoms with E-state index in [0.717, 1.165) is 0 Å². The van der Waals surface area contributed by atoms with E-state index in [4.69, 9.17) is 0 Å². The lowest BCUT2D eigenvalue weighted by atomic mass is 10.7. The van der Waals surface area contributed by atoms with Crippen molar-refractivity contribution in [3.8, 4) is 0 Å². The number of hydrogen-bond acceptors (Lipinski definition) is 10. The Kier molecular flexibility index (Phi) is 3.71. The van der Waals surface area contributed by atoms with Crippen molar-refractivity contribution in [2.45, 2.75) is 0 Å². The molecule has 0 aliphatic heterocycles. The Morgan fingerprint density at radius 2 is 1.26 bits per heavy atom. The number of aromatic nitrogens is 4. The Labute approximate surface area is 124 Å². The second-order valence-corrected chi connectivity index (χ2v) is 5.58. The van der Waals surface area contributed by atoms with E-state index in [1.54, 1.807) is 0 Å². The third kappa shape index (κ3) is 2.79. The van der Waals surface area contributed by atoms with Crippen molar-refractivity contribution < 1.29 is 27.9 Å². The molecule has 0 radical (unpaired) electrons. The average molecular weight is 344 g/mol. The molecule has 0 aliphatic rings. The van der Waals surface area contributed by atoms with Gasteiger partial charge in [0.2, 0.25) is 0 Å². The molecule has 0 fully saturated rings. The highest BCUT2D eigenvalue weighted by atomic mass is 32.2. The molecule has 0 saturated carbocycles. The molecular weight excluding hydrogens is 340 g/mol. The first-order valence-electron chi connectivity index (χ1n) is 5.37. The molecule has 0 aromatic carbocycles. The fraction of sp³-hybridized carbons (Fsp3) is 0. The Hall–Kier alpha value is -3.49. The van der Waals surface area contributed by atoms with Gasteiger partial charge in [0.25, 0.3) is 21.5 Å². The highest BCUT2D eigenvalue weighted by molar-refractivity contribution is 8.19. The summed E-state index contributed by atoms with van der Waals surface area (Å²) in [6, 6.07) is 0. The number of nitrogens with zero attached hydrogens (tertiary/aromatic N) is 4. The van der Waals surface area contributed by atoms with Crippen LogP contribution in [0.4, 0.5) is 11.6 Å². The molecule has 0 atom stereocenters. The van der Waals surface area contributed by atoms with Crippen molar-refractivity contribution in [1.82, 2.24) is 19.9 Å². The Balaban J connectivity index is 2.35. The maximum Gasteiger partial charge on any atom is 0.343 e. The number of imidazole rings is 2. The van der Waals surface area contributed by atoms with E-state index in [0.29, 0.717) is 12.4 Å². The minimum atomic E-state index is -5.18. The van der Waals surface area contributed by atoms with Crippen molar-refractivity contribution in [3.05, 3.63) is 44.3 Å². The van der Waals surface area contributed by atoms with Crippen LogP contribution in [0, 0.1) is 20.2 Å². The lowest BCUT2D eigenvalue weighted by Gasteiger charge is -1.94. The zero-order chi connectivity index (χ0) is 17.4. The number of H-pyrrole nitrogens is 2. The summed E-state index contributed by atoms with van der Waals surface area (Å²) < 4.78 is 23.7. The van der Waals surface area contributed by atoms with Crippen LogP contribution in [0.2, 0.25) is 0 Å². The van der Waals surface area contributed by atoms with Crippen molar-refractivity contribution >= 4 is 31.7 Å². The lowest BCUT2D eigenvalue weighted by molar-refractivity contribution is -0.389. The van der Waals surface area contributed by atoms with Crippen LogP contribution >= 0.6 is 0 Å². The van der Waals surface area contributed by atoms with E-state index >= 15 is 0 Å². The summed E-state index contributed by atoms with van der Waals surface area (Å²) >= 11 is 0. The number of sulfone groups is 1. The van der Waals surface area contributed by atoms with Crippen LogP contribution in [0.15, 0.2) is 12.4 Å². The van der Waals surface area contributed by atoms with Gasteiger partial charge in [0.05, 0.1) is 0 Å². The number of carbonyl (C=O) groups excluding carboxylic acids is 2. The summed E-state index contributed by atoms with van der Waals surface area (Å²) in [6.45, 7) is 0. The molecule has 0 aliphatic carbocycles. The number of nitrogens with one attached hydrogen (secondary N) is 2. The van der Waals surface area contributed by atoms with E-state index in [2.05, 4.69) is 9.97 Å². The summed E-state index contributed by atoms with van der Waals surface area (Å²) in [5.41, 5.74) is 0. The molecule has 0 amide bonds. The molecule has 0 unspecified atom stereocenters. The first-order chi connectivity index (χ1) is 10.6. The van der Waals surface area contributed by atoms with Gasteiger partial charge in [-0.2, -0.15) is 0 Å². The minimum Gasteiger partial charge on any atom is -0.358 e. The number of aromatic amines is 2. The Morgan fingerprint density at radius 1 is 0.913 bits per heavy atom. The molecule has 0 bridgehead atoms. The minimum absolute atomic E-state index is 0.588. The second-order valence-electron chi connectivity index (χ2n) is 3.83. The predicted molar refractivity (Wildman–Crippen MR) is 68.1 cm³/mol. The first-order valence-corrected chi connectivity index (χ1v) is 6.85. The molecule has 15 heteroatoms. The van der Waals surface area contributed by atoms with Crippen molar-refractivity contribution in [2.75, 3.05) is 0 Å². The molecule has 14 nitrogen and oxygen atoms in total. The summed E-state index contributed by atoms with van der Waals surface area (Å²) in [6.07, 6.45) is 1.18. The van der Waals surface area contributed by atoms with E-state index in [-0.39, 0.29) is 0 Å². The summed E-state index contributed by atoms with van der Waals surface area (Å²) in [5.74, 6) is -3.42. The highest BCUT2D eigenvalue weighted by Crippen LogP contribution is 2.14. The van der Waals surface area contributed by atoms with Crippen LogP contribution in [0.5, 0.6) is 0 Å². The van der Waals surface area contributed by atoms with Gasteiger partial charge in [-0.1, -0.05) is 0 Å². The van der Waals surface area contributed by atoms with Crippen molar-refractivity contribution in [1.29, 1.82) is 0 Å². The van der Waals surface area contributed by atoms with Gasteiger partial charge >= 0.3 is 21.9 Å². The topological polar surface area (TPSA) is 212 Å². The third-order valence-electron chi connectivity index (χ3n) is 2.39. The number of carbonyl (C=O) groups is 2. The van der Waals surface area contributed by atoms with Gasteiger partial charge in [0, 0.05) is 0 Å². The maximum atomic E-state index is 11.8. The fourth-order valence-corrected chi connectivity index (χ4v) is 2.24. The molecule has 2 rings (SSSR count). The molecule has 2 N–H and O–H groups in total. The van der Waals surface area contributed by atoms with E-state index in [9.17, 15) is 38.2 Å². The third-order valence-corrected chi connectivity index (χ3v) is 3.76. The quantitative estimate of drug-likeness (QED) is 0.527. The largest absolute Gasteiger partial charge is 0.358 e. The smallest absolute Gasteiger partial charge is 0.343 e. The second kappa shape index (κ2) is 5.37. The monoisotopic (exact) mass is 344 g/mol. The Bertz CT molecular complexity index is 869. The van der Waals surface area contributed by atoms with Gasteiger partial charge in [-0.15, -0.1) is 0 Å². The van der Waals surface area contributed by atoms with Crippen molar-refractivity contribution in [3.63, 3.8) is 0 Å². The van der Waals surface area contributed by atoms with Crippen molar-refractivity contribution in [2.24, 2.45) is 0 Å². The lowest BCUT2D eigenvalue weighted by Crippen LogP contribution is -2.26. The number of rotatable bonds is 4. The van der Waals surface area contributed by atoms with Crippen LogP contribution in [0.25, 0.3) is 0 Å². The standard InChI is InChI=1S/C8H4N6O8S/c15-7(5-9-1-3(11-5)13(17)18)23(21,22)8(16)6-10-2-4(12-6)14(19)20/h1-2H,(H,9,11)(H,10,12). The molecule has 0 saturated heterocycles.